The van der Waals surface area contributed by atoms with Gasteiger partial charge in [0.1, 0.15) is 0 Å². The fourth-order valence-electron chi connectivity index (χ4n) is 3.17. The Morgan fingerprint density at radius 3 is 2.75 bits per heavy atom. The quantitative estimate of drug-likeness (QED) is 0.857. The van der Waals surface area contributed by atoms with E-state index in [1.165, 1.54) is 5.56 Å². The van der Waals surface area contributed by atoms with Crippen molar-refractivity contribution in [1.29, 1.82) is 0 Å². The largest absolute Gasteiger partial charge is 0.383 e. The molecule has 2 heterocycles. The highest BCUT2D eigenvalue weighted by Gasteiger charge is 2.30. The van der Waals surface area contributed by atoms with Crippen LogP contribution in [0.15, 0.2) is 42.5 Å². The lowest BCUT2D eigenvalue weighted by atomic mass is 10.0. The summed E-state index contributed by atoms with van der Waals surface area (Å²) in [6, 6.07) is 14.1. The Balaban J connectivity index is 1.79. The first-order valence-corrected chi connectivity index (χ1v) is 7.10. The van der Waals surface area contributed by atoms with Crippen LogP contribution in [0.2, 0.25) is 0 Å². The number of nitrogens with one attached hydrogen (secondary N) is 1. The van der Waals surface area contributed by atoms with Crippen LogP contribution in [0.1, 0.15) is 27.9 Å². The predicted molar refractivity (Wildman–Crippen MR) is 80.2 cm³/mol. The van der Waals surface area contributed by atoms with Crippen LogP contribution in [0.25, 0.3) is 0 Å². The van der Waals surface area contributed by atoms with E-state index in [9.17, 15) is 4.79 Å². The van der Waals surface area contributed by atoms with Crippen molar-refractivity contribution in [1.82, 2.24) is 0 Å². The molecular formula is C17H16N2O. The monoisotopic (exact) mass is 264 g/mol. The first kappa shape index (κ1) is 11.5. The molecule has 0 spiro atoms. The van der Waals surface area contributed by atoms with Crippen LogP contribution in [-0.4, -0.2) is 12.5 Å². The third kappa shape index (κ3) is 1.63. The molecule has 100 valence electrons. The molecule has 0 saturated heterocycles. The molecule has 2 aromatic carbocycles. The molecule has 3 heteroatoms. The number of aryl methyl sites for hydroxylation is 1. The smallest absolute Gasteiger partial charge is 0.258 e. The van der Waals surface area contributed by atoms with Gasteiger partial charge in [0.2, 0.25) is 0 Å². The van der Waals surface area contributed by atoms with Crippen LogP contribution in [0.4, 0.5) is 11.4 Å². The molecule has 2 aromatic rings. The average molecular weight is 264 g/mol. The Labute approximate surface area is 118 Å². The number of benzene rings is 2. The molecule has 2 aliphatic rings. The van der Waals surface area contributed by atoms with Gasteiger partial charge in [-0.1, -0.05) is 30.3 Å². The molecule has 1 amide bonds. The van der Waals surface area contributed by atoms with Crippen LogP contribution in [0, 0.1) is 0 Å². The zero-order valence-electron chi connectivity index (χ0n) is 11.2. The van der Waals surface area contributed by atoms with Crippen molar-refractivity contribution in [2.45, 2.75) is 19.4 Å². The minimum Gasteiger partial charge on any atom is -0.383 e. The summed E-state index contributed by atoms with van der Waals surface area (Å²) in [5.41, 5.74) is 5.42. The molecule has 4 rings (SSSR count). The minimum absolute atomic E-state index is 0.112. The third-order valence-electron chi connectivity index (χ3n) is 4.17. The second-order valence-electron chi connectivity index (χ2n) is 5.39. The Bertz CT molecular complexity index is 693. The Morgan fingerprint density at radius 1 is 1.00 bits per heavy atom. The van der Waals surface area contributed by atoms with E-state index in [-0.39, 0.29) is 5.91 Å². The lowest BCUT2D eigenvalue weighted by molar-refractivity contribution is 0.0996. The number of carbonyl (C=O) groups excluding carboxylic acids is 1. The van der Waals surface area contributed by atoms with E-state index in [0.717, 1.165) is 41.9 Å². The van der Waals surface area contributed by atoms with Gasteiger partial charge in [-0.15, -0.1) is 0 Å². The van der Waals surface area contributed by atoms with E-state index in [2.05, 4.69) is 17.4 Å². The second kappa shape index (κ2) is 4.37. The highest BCUT2D eigenvalue weighted by molar-refractivity contribution is 6.11. The number of fused-ring (bicyclic) bond motifs is 2. The molecule has 2 aliphatic heterocycles. The molecule has 3 nitrogen and oxygen atoms in total. The molecule has 0 fully saturated rings. The summed E-state index contributed by atoms with van der Waals surface area (Å²) in [4.78, 5) is 14.5. The van der Waals surface area contributed by atoms with Gasteiger partial charge < -0.3 is 10.2 Å². The van der Waals surface area contributed by atoms with E-state index >= 15 is 0 Å². The Morgan fingerprint density at radius 2 is 1.85 bits per heavy atom. The van der Waals surface area contributed by atoms with Gasteiger partial charge in [0.25, 0.3) is 5.91 Å². The van der Waals surface area contributed by atoms with E-state index in [4.69, 9.17) is 0 Å². The molecule has 20 heavy (non-hydrogen) atoms. The fourth-order valence-corrected chi connectivity index (χ4v) is 3.17. The molecule has 0 saturated carbocycles. The Hall–Kier alpha value is -2.29. The molecule has 0 unspecified atom stereocenters. The molecule has 1 N–H and O–H groups in total. The summed E-state index contributed by atoms with van der Waals surface area (Å²) in [6.45, 7) is 1.66. The maximum absolute atomic E-state index is 12.6. The van der Waals surface area contributed by atoms with Gasteiger partial charge in [0.15, 0.2) is 0 Å². The second-order valence-corrected chi connectivity index (χ2v) is 5.39. The van der Waals surface area contributed by atoms with Crippen LogP contribution < -0.4 is 10.2 Å². The summed E-state index contributed by atoms with van der Waals surface area (Å²) >= 11 is 0. The first-order chi connectivity index (χ1) is 9.84. The molecule has 0 radical (unpaired) electrons. The number of nitrogens with zero attached hydrogens (tertiary/aromatic N) is 1. The van der Waals surface area contributed by atoms with Gasteiger partial charge in [-0.05, 0) is 36.1 Å². The normalized spacial score (nSPS) is 16.6. The average Bonchev–Trinajstić information content (AvgIpc) is 2.84. The van der Waals surface area contributed by atoms with Crippen molar-refractivity contribution in [3.05, 3.63) is 59.2 Å². The molecule has 0 aliphatic carbocycles. The zero-order chi connectivity index (χ0) is 13.5. The number of amides is 1. The van der Waals surface area contributed by atoms with Crippen molar-refractivity contribution >= 4 is 17.3 Å². The van der Waals surface area contributed by atoms with Crippen molar-refractivity contribution in [3.63, 3.8) is 0 Å². The number of hydrogen-bond acceptors (Lipinski definition) is 2. The van der Waals surface area contributed by atoms with Gasteiger partial charge in [0, 0.05) is 12.1 Å². The lowest BCUT2D eigenvalue weighted by Crippen LogP contribution is -2.25. The summed E-state index contributed by atoms with van der Waals surface area (Å²) in [5.74, 6) is 0.112. The van der Waals surface area contributed by atoms with Crippen molar-refractivity contribution in [2.24, 2.45) is 0 Å². The fraction of sp³-hybridized carbons (Fsp3) is 0.235. The summed E-state index contributed by atoms with van der Waals surface area (Å²) in [7, 11) is 0. The van der Waals surface area contributed by atoms with Gasteiger partial charge in [-0.2, -0.15) is 0 Å². The van der Waals surface area contributed by atoms with Gasteiger partial charge in [0.05, 0.1) is 17.9 Å². The van der Waals surface area contributed by atoms with Crippen molar-refractivity contribution in [3.8, 4) is 0 Å². The predicted octanol–water partition coefficient (Wildman–Crippen LogP) is 3.21. The maximum atomic E-state index is 12.6. The van der Waals surface area contributed by atoms with E-state index in [1.54, 1.807) is 0 Å². The van der Waals surface area contributed by atoms with E-state index < -0.39 is 0 Å². The van der Waals surface area contributed by atoms with Gasteiger partial charge in [-0.25, -0.2) is 0 Å². The van der Waals surface area contributed by atoms with Crippen molar-refractivity contribution in [2.75, 3.05) is 16.8 Å². The standard InChI is InChI=1S/C17H16N2O/c20-17-14-8-2-1-5-13(14)11-19(17)15-9-3-6-12-7-4-10-18-16(12)15/h1-3,5-6,8-9,18H,4,7,10-11H2. The zero-order valence-corrected chi connectivity index (χ0v) is 11.2. The summed E-state index contributed by atoms with van der Waals surface area (Å²) in [6.07, 6.45) is 2.25. The lowest BCUT2D eigenvalue weighted by Gasteiger charge is -2.25. The third-order valence-corrected chi connectivity index (χ3v) is 4.17. The Kier molecular flexibility index (Phi) is 2.52. The van der Waals surface area contributed by atoms with E-state index in [1.807, 2.05) is 35.2 Å². The molecule has 0 atom stereocenters. The van der Waals surface area contributed by atoms with Gasteiger partial charge >= 0.3 is 0 Å². The minimum atomic E-state index is 0.112. The highest BCUT2D eigenvalue weighted by Crippen LogP contribution is 2.37. The first-order valence-electron chi connectivity index (χ1n) is 7.10. The molecule has 0 aromatic heterocycles. The van der Waals surface area contributed by atoms with Crippen LogP contribution in [0.3, 0.4) is 0 Å². The number of carbonyl (C=O) groups is 1. The van der Waals surface area contributed by atoms with Crippen LogP contribution in [0.5, 0.6) is 0 Å². The number of hydrogen-bond donors (Lipinski definition) is 1. The summed E-state index contributed by atoms with van der Waals surface area (Å²) in [5, 5.41) is 3.46. The van der Waals surface area contributed by atoms with Crippen LogP contribution in [-0.2, 0) is 13.0 Å². The molecule has 0 bridgehead atoms. The SMILES string of the molecule is O=C1c2ccccc2CN1c1cccc2c1NCCC2. The number of para-hydroxylation sites is 1. The summed E-state index contributed by atoms with van der Waals surface area (Å²) < 4.78 is 0. The van der Waals surface area contributed by atoms with Crippen LogP contribution >= 0.6 is 0 Å². The number of rotatable bonds is 1. The topological polar surface area (TPSA) is 32.3 Å². The highest BCUT2D eigenvalue weighted by atomic mass is 16.2. The van der Waals surface area contributed by atoms with Gasteiger partial charge in [-0.3, -0.25) is 4.79 Å². The molecular weight excluding hydrogens is 248 g/mol. The maximum Gasteiger partial charge on any atom is 0.258 e. The number of anilines is 2. The van der Waals surface area contributed by atoms with E-state index in [0.29, 0.717) is 6.54 Å². The van der Waals surface area contributed by atoms with Crippen molar-refractivity contribution < 1.29 is 4.79 Å².